The fourth-order valence-corrected chi connectivity index (χ4v) is 5.87. The Balaban J connectivity index is 1.68. The van der Waals surface area contributed by atoms with E-state index in [4.69, 9.17) is 5.10 Å². The largest absolute Gasteiger partial charge is 0.468 e. The average Bonchev–Trinajstić information content (AvgIpc) is 3.22. The van der Waals surface area contributed by atoms with Gasteiger partial charge in [-0.25, -0.2) is 4.98 Å². The van der Waals surface area contributed by atoms with E-state index in [1.807, 2.05) is 17.2 Å². The van der Waals surface area contributed by atoms with Crippen LogP contribution in [0.2, 0.25) is 0 Å². The molecule has 0 saturated heterocycles. The lowest BCUT2D eigenvalue weighted by atomic mass is 9.63. The number of rotatable bonds is 3. The molecule has 0 amide bonds. The molecular formula is C20H27BN4O2. The first-order chi connectivity index (χ1) is 13.0. The zero-order chi connectivity index (χ0) is 18.8. The van der Waals surface area contributed by atoms with E-state index < -0.39 is 12.7 Å². The van der Waals surface area contributed by atoms with Crippen molar-refractivity contribution in [2.75, 3.05) is 6.54 Å². The topological polar surface area (TPSA) is 84.7 Å². The lowest BCUT2D eigenvalue weighted by Gasteiger charge is -2.42. The molecule has 142 valence electrons. The molecule has 6 nitrogen and oxygen atoms in total. The second-order valence-corrected chi connectivity index (χ2v) is 8.78. The Hall–Kier alpha value is -1.86. The minimum Gasteiger partial charge on any atom is -0.428 e. The Labute approximate surface area is 159 Å². The van der Waals surface area contributed by atoms with Gasteiger partial charge in [-0.15, -0.1) is 0 Å². The maximum absolute atomic E-state index is 10.9. The molecule has 3 aliphatic rings. The molecule has 5 rings (SSSR count). The third-order valence-electron chi connectivity index (χ3n) is 6.88. The van der Waals surface area contributed by atoms with Crippen LogP contribution in [0.25, 0.3) is 11.0 Å². The van der Waals surface area contributed by atoms with E-state index in [0.29, 0.717) is 24.3 Å². The number of hydrogen-bond donors (Lipinski definition) is 3. The van der Waals surface area contributed by atoms with Crippen LogP contribution >= 0.6 is 0 Å². The predicted molar refractivity (Wildman–Crippen MR) is 107 cm³/mol. The highest BCUT2D eigenvalue weighted by Gasteiger charge is 2.51. The molecule has 2 fully saturated rings. The number of fused-ring (bicyclic) bond motifs is 5. The van der Waals surface area contributed by atoms with Crippen LogP contribution in [0.5, 0.6) is 0 Å². The minimum atomic E-state index is -0.755. The molecule has 3 heterocycles. The van der Waals surface area contributed by atoms with Crippen molar-refractivity contribution in [3.8, 4) is 0 Å². The van der Waals surface area contributed by atoms with Gasteiger partial charge in [0, 0.05) is 41.3 Å². The number of aromatic nitrogens is 2. The van der Waals surface area contributed by atoms with E-state index in [-0.39, 0.29) is 0 Å². The molecule has 0 spiro atoms. The normalized spacial score (nSPS) is 32.7. The highest BCUT2D eigenvalue weighted by atomic mass is 16.3. The van der Waals surface area contributed by atoms with Gasteiger partial charge >= 0.3 is 7.05 Å². The third-order valence-corrected chi connectivity index (χ3v) is 6.88. The zero-order valence-electron chi connectivity index (χ0n) is 16.0. The van der Waals surface area contributed by atoms with Crippen LogP contribution in [0.1, 0.15) is 51.5 Å². The van der Waals surface area contributed by atoms with Crippen LogP contribution in [-0.2, 0) is 0 Å². The molecule has 0 unspecified atom stereocenters. The number of H-pyrrole nitrogens is 1. The highest BCUT2D eigenvalue weighted by Crippen LogP contribution is 2.52. The average molecular weight is 366 g/mol. The smallest absolute Gasteiger partial charge is 0.428 e. The Bertz CT molecular complexity index is 913. The molecule has 2 aromatic rings. The van der Waals surface area contributed by atoms with Gasteiger partial charge in [-0.3, -0.25) is 0 Å². The van der Waals surface area contributed by atoms with Crippen LogP contribution in [0, 0.1) is 17.8 Å². The molecule has 0 radical (unpaired) electrons. The predicted octanol–water partition coefficient (Wildman–Crippen LogP) is 1.87. The summed E-state index contributed by atoms with van der Waals surface area (Å²) in [4.78, 5) is 9.53. The molecule has 0 aromatic carbocycles. The number of pyridine rings is 1. The number of aromatic amines is 1. The lowest BCUT2D eigenvalue weighted by Crippen LogP contribution is -2.54. The van der Waals surface area contributed by atoms with Crippen molar-refractivity contribution >= 4 is 29.3 Å². The SMILES string of the molecule is CCCN1N=C([C@H]2[C@H]3CC[C@](O)(C3)C[C@H]2C)c2c(cnc3[nH]ccc23)B1O. The van der Waals surface area contributed by atoms with E-state index in [0.717, 1.165) is 59.9 Å². The van der Waals surface area contributed by atoms with E-state index in [2.05, 4.69) is 23.8 Å². The van der Waals surface area contributed by atoms with Crippen LogP contribution in [0.3, 0.4) is 0 Å². The number of hydrazone groups is 1. The second kappa shape index (κ2) is 6.07. The van der Waals surface area contributed by atoms with Crippen molar-refractivity contribution in [2.24, 2.45) is 22.9 Å². The third kappa shape index (κ3) is 2.55. The van der Waals surface area contributed by atoms with Gasteiger partial charge in [0.15, 0.2) is 0 Å². The summed E-state index contributed by atoms with van der Waals surface area (Å²) in [6.45, 7) is 5.07. The molecular weight excluding hydrogens is 339 g/mol. The molecule has 2 bridgehead atoms. The highest BCUT2D eigenvalue weighted by molar-refractivity contribution is 6.66. The number of nitrogens with zero attached hydrogens (tertiary/aromatic N) is 3. The summed E-state index contributed by atoms with van der Waals surface area (Å²) in [5.41, 5.74) is 3.34. The minimum absolute atomic E-state index is 0.305. The Morgan fingerprint density at radius 2 is 2.26 bits per heavy atom. The van der Waals surface area contributed by atoms with Gasteiger partial charge in [-0.05, 0) is 50.0 Å². The number of nitrogens with one attached hydrogen (secondary N) is 1. The lowest BCUT2D eigenvalue weighted by molar-refractivity contribution is -0.00749. The van der Waals surface area contributed by atoms with Gasteiger partial charge in [0.05, 0.1) is 11.3 Å². The van der Waals surface area contributed by atoms with Crippen molar-refractivity contribution in [3.05, 3.63) is 24.0 Å². The molecule has 27 heavy (non-hydrogen) atoms. The molecule has 2 aromatic heterocycles. The van der Waals surface area contributed by atoms with Gasteiger partial charge in [0.2, 0.25) is 0 Å². The van der Waals surface area contributed by atoms with Crippen molar-refractivity contribution in [1.29, 1.82) is 0 Å². The Morgan fingerprint density at radius 3 is 3.07 bits per heavy atom. The Kier molecular flexibility index (Phi) is 3.88. The van der Waals surface area contributed by atoms with Gasteiger partial charge < -0.3 is 20.0 Å². The van der Waals surface area contributed by atoms with Crippen LogP contribution in [0.4, 0.5) is 0 Å². The molecule has 2 saturated carbocycles. The number of hydrogen-bond acceptors (Lipinski definition) is 5. The maximum atomic E-state index is 10.9. The zero-order valence-corrected chi connectivity index (χ0v) is 16.0. The summed E-state index contributed by atoms with van der Waals surface area (Å²) < 4.78 is 0. The summed E-state index contributed by atoms with van der Waals surface area (Å²) in [5.74, 6) is 1.12. The molecule has 3 N–H and O–H groups in total. The van der Waals surface area contributed by atoms with Gasteiger partial charge in [-0.2, -0.15) is 5.10 Å². The van der Waals surface area contributed by atoms with Gasteiger partial charge in [0.1, 0.15) is 5.65 Å². The van der Waals surface area contributed by atoms with Gasteiger partial charge in [0.25, 0.3) is 0 Å². The molecule has 7 heteroatoms. The Morgan fingerprint density at radius 1 is 1.41 bits per heavy atom. The molecule has 2 aliphatic carbocycles. The first kappa shape index (κ1) is 17.3. The van der Waals surface area contributed by atoms with Crippen molar-refractivity contribution < 1.29 is 10.1 Å². The van der Waals surface area contributed by atoms with Crippen LogP contribution < -0.4 is 5.46 Å². The quantitative estimate of drug-likeness (QED) is 0.724. The van der Waals surface area contributed by atoms with Crippen molar-refractivity contribution in [2.45, 2.75) is 51.6 Å². The second-order valence-electron chi connectivity index (χ2n) is 8.78. The van der Waals surface area contributed by atoms with Gasteiger partial charge in [-0.1, -0.05) is 13.8 Å². The van der Waals surface area contributed by atoms with E-state index >= 15 is 0 Å². The summed E-state index contributed by atoms with van der Waals surface area (Å²) in [7, 11) is -0.755. The summed E-state index contributed by atoms with van der Waals surface area (Å²) in [6.07, 6.45) is 8.28. The monoisotopic (exact) mass is 366 g/mol. The summed E-state index contributed by atoms with van der Waals surface area (Å²) in [5, 5.41) is 27.8. The maximum Gasteiger partial charge on any atom is 0.468 e. The fourth-order valence-electron chi connectivity index (χ4n) is 5.87. The van der Waals surface area contributed by atoms with Crippen LogP contribution in [-0.4, -0.2) is 49.9 Å². The van der Waals surface area contributed by atoms with Crippen LogP contribution in [0.15, 0.2) is 23.6 Å². The van der Waals surface area contributed by atoms with Crippen molar-refractivity contribution in [1.82, 2.24) is 14.9 Å². The standard InChI is InChI=1S/C20H27BN4O2/c1-3-8-25-21(27)15-11-23-19-14(5-7-22-19)17(15)18(24-25)16-12(2)9-20(26)6-4-13(16)10-20/h5,7,11-13,16,26-27H,3-4,6,8-10H2,1-2H3,(H,22,23)/t12-,13+,16-,20-/m1/s1. The first-order valence-electron chi connectivity index (χ1n) is 10.2. The van der Waals surface area contributed by atoms with Crippen molar-refractivity contribution in [3.63, 3.8) is 0 Å². The molecule has 1 aliphatic heterocycles. The van der Waals surface area contributed by atoms with E-state index in [1.165, 1.54) is 0 Å². The fraction of sp³-hybridized carbons (Fsp3) is 0.600. The van der Waals surface area contributed by atoms with E-state index in [9.17, 15) is 10.1 Å². The summed E-state index contributed by atoms with van der Waals surface area (Å²) >= 11 is 0. The first-order valence-corrected chi connectivity index (χ1v) is 10.2. The molecule has 4 atom stereocenters. The van der Waals surface area contributed by atoms with E-state index in [1.54, 1.807) is 6.20 Å². The summed E-state index contributed by atoms with van der Waals surface area (Å²) in [6, 6.07) is 2.04. The number of aliphatic hydroxyl groups is 1.